The quantitative estimate of drug-likeness (QED) is 0.653. The molecule has 0 fully saturated rings. The van der Waals surface area contributed by atoms with Crippen LogP contribution in [0.4, 0.5) is 0 Å². The Morgan fingerprint density at radius 1 is 1.07 bits per heavy atom. The standard InChI is InChI=1S/C22H27NO5/c1-15(2)28-20(18-6-4-5-7-19(18)27-3)14-23-21(24)13-10-16-8-11-17(12-9-16)22(25)26/h4-9,11-12,15,20H,10,13-14H2,1-3H3,(H,23,24)(H,25,26). The van der Waals surface area contributed by atoms with Gasteiger partial charge in [-0.1, -0.05) is 30.3 Å². The molecule has 2 rings (SSSR count). The Morgan fingerprint density at radius 3 is 2.36 bits per heavy atom. The number of benzene rings is 2. The van der Waals surface area contributed by atoms with Crippen LogP contribution in [0.2, 0.25) is 0 Å². The van der Waals surface area contributed by atoms with Crippen LogP contribution in [-0.4, -0.2) is 36.7 Å². The fourth-order valence-corrected chi connectivity index (χ4v) is 2.86. The van der Waals surface area contributed by atoms with Crippen molar-refractivity contribution in [2.24, 2.45) is 0 Å². The Kier molecular flexibility index (Phi) is 8.02. The number of nitrogens with one attached hydrogen (secondary N) is 1. The first-order valence-corrected chi connectivity index (χ1v) is 9.28. The number of rotatable bonds is 10. The number of carboxylic acid groups (broad SMARTS) is 1. The van der Waals surface area contributed by atoms with E-state index < -0.39 is 5.97 Å². The fourth-order valence-electron chi connectivity index (χ4n) is 2.86. The lowest BCUT2D eigenvalue weighted by atomic mass is 10.1. The summed E-state index contributed by atoms with van der Waals surface area (Å²) in [7, 11) is 1.61. The number of carbonyl (C=O) groups excluding carboxylic acids is 1. The van der Waals surface area contributed by atoms with Gasteiger partial charge in [-0.25, -0.2) is 4.79 Å². The number of hydrogen-bond donors (Lipinski definition) is 2. The molecule has 28 heavy (non-hydrogen) atoms. The Hall–Kier alpha value is -2.86. The van der Waals surface area contributed by atoms with Gasteiger partial charge in [-0.3, -0.25) is 4.79 Å². The molecule has 0 bridgehead atoms. The Balaban J connectivity index is 1.93. The van der Waals surface area contributed by atoms with Gasteiger partial charge in [0.15, 0.2) is 0 Å². The highest BCUT2D eigenvalue weighted by atomic mass is 16.5. The Morgan fingerprint density at radius 2 is 1.75 bits per heavy atom. The van der Waals surface area contributed by atoms with Gasteiger partial charge in [0, 0.05) is 18.5 Å². The van der Waals surface area contributed by atoms with Crippen molar-refractivity contribution in [3.05, 3.63) is 65.2 Å². The van der Waals surface area contributed by atoms with Gasteiger partial charge in [-0.05, 0) is 44.0 Å². The lowest BCUT2D eigenvalue weighted by molar-refractivity contribution is -0.122. The molecule has 0 aliphatic carbocycles. The summed E-state index contributed by atoms with van der Waals surface area (Å²) >= 11 is 0. The third-order valence-electron chi connectivity index (χ3n) is 4.25. The third kappa shape index (κ3) is 6.39. The highest BCUT2D eigenvalue weighted by Gasteiger charge is 2.19. The van der Waals surface area contributed by atoms with E-state index in [1.54, 1.807) is 31.4 Å². The number of methoxy groups -OCH3 is 1. The largest absolute Gasteiger partial charge is 0.496 e. The van der Waals surface area contributed by atoms with E-state index in [-0.39, 0.29) is 23.7 Å². The van der Waals surface area contributed by atoms with Crippen LogP contribution in [0.3, 0.4) is 0 Å². The number of carbonyl (C=O) groups is 2. The first-order chi connectivity index (χ1) is 13.4. The van der Waals surface area contributed by atoms with Crippen molar-refractivity contribution in [1.82, 2.24) is 5.32 Å². The van der Waals surface area contributed by atoms with Gasteiger partial charge >= 0.3 is 5.97 Å². The topological polar surface area (TPSA) is 84.9 Å². The van der Waals surface area contributed by atoms with E-state index in [1.165, 1.54) is 0 Å². The molecule has 0 saturated carbocycles. The van der Waals surface area contributed by atoms with Crippen molar-refractivity contribution in [3.8, 4) is 5.75 Å². The SMILES string of the molecule is COc1ccccc1C(CNC(=O)CCc1ccc(C(=O)O)cc1)OC(C)C. The summed E-state index contributed by atoms with van der Waals surface area (Å²) in [4.78, 5) is 23.2. The molecular formula is C22H27NO5. The van der Waals surface area contributed by atoms with Crippen molar-refractivity contribution in [2.45, 2.75) is 38.9 Å². The number of carboxylic acids is 1. The zero-order valence-corrected chi connectivity index (χ0v) is 16.5. The minimum Gasteiger partial charge on any atom is -0.496 e. The Bertz CT molecular complexity index is 786. The van der Waals surface area contributed by atoms with Gasteiger partial charge < -0.3 is 19.9 Å². The maximum absolute atomic E-state index is 12.3. The zero-order chi connectivity index (χ0) is 20.5. The van der Waals surface area contributed by atoms with Gasteiger partial charge in [-0.2, -0.15) is 0 Å². The van der Waals surface area contributed by atoms with Gasteiger partial charge in [0.25, 0.3) is 0 Å². The van der Waals surface area contributed by atoms with E-state index in [9.17, 15) is 9.59 Å². The average Bonchev–Trinajstić information content (AvgIpc) is 2.69. The highest BCUT2D eigenvalue weighted by Crippen LogP contribution is 2.28. The fraction of sp³-hybridized carbons (Fsp3) is 0.364. The monoisotopic (exact) mass is 385 g/mol. The van der Waals surface area contributed by atoms with Crippen molar-refractivity contribution in [3.63, 3.8) is 0 Å². The third-order valence-corrected chi connectivity index (χ3v) is 4.25. The number of hydrogen-bond acceptors (Lipinski definition) is 4. The van der Waals surface area contributed by atoms with Crippen LogP contribution in [0, 0.1) is 0 Å². The molecule has 6 heteroatoms. The predicted octanol–water partition coefficient (Wildman–Crippen LogP) is 3.61. The van der Waals surface area contributed by atoms with E-state index in [4.69, 9.17) is 14.6 Å². The molecule has 1 atom stereocenters. The lowest BCUT2D eigenvalue weighted by Gasteiger charge is -2.23. The molecule has 1 amide bonds. The summed E-state index contributed by atoms with van der Waals surface area (Å²) in [5, 5.41) is 11.8. The van der Waals surface area contributed by atoms with Gasteiger partial charge in [0.05, 0.1) is 18.8 Å². The first kappa shape index (κ1) is 21.4. The average molecular weight is 385 g/mol. The number of para-hydroxylation sites is 1. The van der Waals surface area contributed by atoms with Crippen molar-refractivity contribution >= 4 is 11.9 Å². The minimum absolute atomic E-state index is 0.000404. The lowest BCUT2D eigenvalue weighted by Crippen LogP contribution is -2.30. The molecule has 1 unspecified atom stereocenters. The number of amides is 1. The van der Waals surface area contributed by atoms with E-state index in [2.05, 4.69) is 5.32 Å². The van der Waals surface area contributed by atoms with Crippen molar-refractivity contribution in [1.29, 1.82) is 0 Å². The molecule has 0 aliphatic rings. The highest BCUT2D eigenvalue weighted by molar-refractivity contribution is 5.87. The summed E-state index contributed by atoms with van der Waals surface area (Å²) in [6, 6.07) is 14.2. The second-order valence-corrected chi connectivity index (χ2v) is 6.72. The number of ether oxygens (including phenoxy) is 2. The van der Waals surface area contributed by atoms with Crippen LogP contribution in [-0.2, 0) is 16.0 Å². The molecule has 2 N–H and O–H groups in total. The predicted molar refractivity (Wildman–Crippen MR) is 107 cm³/mol. The van der Waals surface area contributed by atoms with Crippen molar-refractivity contribution < 1.29 is 24.2 Å². The molecule has 6 nitrogen and oxygen atoms in total. The van der Waals surface area contributed by atoms with Crippen LogP contribution < -0.4 is 10.1 Å². The molecule has 0 aromatic heterocycles. The number of aryl methyl sites for hydroxylation is 1. The number of aromatic carboxylic acids is 1. The van der Waals surface area contributed by atoms with Crippen LogP contribution in [0.1, 0.15) is 47.9 Å². The van der Waals surface area contributed by atoms with Crippen LogP contribution in [0.15, 0.2) is 48.5 Å². The maximum Gasteiger partial charge on any atom is 0.335 e. The van der Waals surface area contributed by atoms with Crippen molar-refractivity contribution in [2.75, 3.05) is 13.7 Å². The zero-order valence-electron chi connectivity index (χ0n) is 16.5. The van der Waals surface area contributed by atoms with E-state index in [1.807, 2.05) is 38.1 Å². The maximum atomic E-state index is 12.3. The summed E-state index contributed by atoms with van der Waals surface area (Å²) in [6.07, 6.45) is 0.539. The van der Waals surface area contributed by atoms with Gasteiger partial charge in [-0.15, -0.1) is 0 Å². The summed E-state index contributed by atoms with van der Waals surface area (Å²) in [6.45, 7) is 4.24. The van der Waals surface area contributed by atoms with E-state index >= 15 is 0 Å². The van der Waals surface area contributed by atoms with Gasteiger partial charge in [0.2, 0.25) is 5.91 Å². The van der Waals surface area contributed by atoms with E-state index in [0.717, 1.165) is 16.9 Å². The molecule has 150 valence electrons. The molecular weight excluding hydrogens is 358 g/mol. The molecule has 2 aromatic rings. The normalized spacial score (nSPS) is 11.9. The molecule has 2 aromatic carbocycles. The second kappa shape index (κ2) is 10.5. The molecule has 0 aliphatic heterocycles. The summed E-state index contributed by atoms with van der Waals surface area (Å²) < 4.78 is 11.4. The molecule has 0 spiro atoms. The Labute approximate surface area is 165 Å². The van der Waals surface area contributed by atoms with Crippen LogP contribution in [0.5, 0.6) is 5.75 Å². The smallest absolute Gasteiger partial charge is 0.335 e. The molecule has 0 radical (unpaired) electrons. The molecule has 0 heterocycles. The van der Waals surface area contributed by atoms with E-state index in [0.29, 0.717) is 19.4 Å². The molecule has 0 saturated heterocycles. The summed E-state index contributed by atoms with van der Waals surface area (Å²) in [5.74, 6) is -0.327. The second-order valence-electron chi connectivity index (χ2n) is 6.72. The minimum atomic E-state index is -0.961. The summed E-state index contributed by atoms with van der Waals surface area (Å²) in [5.41, 5.74) is 2.04. The van der Waals surface area contributed by atoms with Crippen LogP contribution >= 0.6 is 0 Å². The van der Waals surface area contributed by atoms with Crippen LogP contribution in [0.25, 0.3) is 0 Å². The first-order valence-electron chi connectivity index (χ1n) is 9.28. The van der Waals surface area contributed by atoms with Gasteiger partial charge in [0.1, 0.15) is 11.9 Å².